The molecule has 0 amide bonds. The standard InChI is InChI=1S/C18H18N6O4/c1-11-7-23(8-12(2)27-11)16-15(24(25)26)18(22-10-20-16)28-17-13-5-3-4-6-14(13)19-9-21-17/h3-6,9-12H,7-8H2,1-2H3. The molecular weight excluding hydrogens is 364 g/mol. The smallest absolute Gasteiger partial charge is 0.373 e. The molecule has 144 valence electrons. The van der Waals surface area contributed by atoms with Crippen molar-refractivity contribution in [3.05, 3.63) is 47.0 Å². The van der Waals surface area contributed by atoms with Gasteiger partial charge in [0.15, 0.2) is 0 Å². The Morgan fingerprint density at radius 2 is 1.75 bits per heavy atom. The second-order valence-electron chi connectivity index (χ2n) is 6.57. The van der Waals surface area contributed by atoms with Gasteiger partial charge in [-0.05, 0) is 26.0 Å². The molecule has 1 fully saturated rings. The van der Waals surface area contributed by atoms with E-state index in [0.717, 1.165) is 0 Å². The van der Waals surface area contributed by atoms with Crippen LogP contribution < -0.4 is 9.64 Å². The first-order valence-electron chi connectivity index (χ1n) is 8.80. The normalized spacial score (nSPS) is 19.6. The van der Waals surface area contributed by atoms with E-state index in [1.54, 1.807) is 12.1 Å². The minimum Gasteiger partial charge on any atom is -0.414 e. The summed E-state index contributed by atoms with van der Waals surface area (Å²) < 4.78 is 11.5. The molecule has 0 spiro atoms. The first kappa shape index (κ1) is 18.0. The number of nitrogens with zero attached hydrogens (tertiary/aromatic N) is 6. The van der Waals surface area contributed by atoms with E-state index in [1.165, 1.54) is 12.7 Å². The van der Waals surface area contributed by atoms with Crippen molar-refractivity contribution >= 4 is 22.4 Å². The van der Waals surface area contributed by atoms with E-state index < -0.39 is 4.92 Å². The summed E-state index contributed by atoms with van der Waals surface area (Å²) in [6.07, 6.45) is 2.45. The summed E-state index contributed by atoms with van der Waals surface area (Å²) in [5, 5.41) is 12.5. The van der Waals surface area contributed by atoms with Gasteiger partial charge >= 0.3 is 11.6 Å². The predicted octanol–water partition coefficient (Wildman–Crippen LogP) is 2.73. The zero-order chi connectivity index (χ0) is 19.7. The second-order valence-corrected chi connectivity index (χ2v) is 6.57. The largest absolute Gasteiger partial charge is 0.414 e. The van der Waals surface area contributed by atoms with Crippen LogP contribution in [0.1, 0.15) is 13.8 Å². The molecule has 4 rings (SSSR count). The second kappa shape index (κ2) is 7.31. The van der Waals surface area contributed by atoms with Crippen LogP contribution in [0.4, 0.5) is 11.5 Å². The van der Waals surface area contributed by atoms with Crippen molar-refractivity contribution in [3.8, 4) is 11.8 Å². The number of rotatable bonds is 4. The number of fused-ring (bicyclic) bond motifs is 1. The van der Waals surface area contributed by atoms with E-state index in [-0.39, 0.29) is 35.5 Å². The van der Waals surface area contributed by atoms with Crippen LogP contribution in [0.2, 0.25) is 0 Å². The van der Waals surface area contributed by atoms with Crippen LogP contribution in [-0.2, 0) is 4.74 Å². The van der Waals surface area contributed by atoms with Crippen molar-refractivity contribution in [2.45, 2.75) is 26.1 Å². The molecule has 1 saturated heterocycles. The van der Waals surface area contributed by atoms with Crippen molar-refractivity contribution in [3.63, 3.8) is 0 Å². The van der Waals surface area contributed by atoms with Crippen molar-refractivity contribution < 1.29 is 14.4 Å². The van der Waals surface area contributed by atoms with Gasteiger partial charge in [-0.25, -0.2) is 15.0 Å². The highest BCUT2D eigenvalue weighted by molar-refractivity contribution is 5.83. The Labute approximate surface area is 160 Å². The highest BCUT2D eigenvalue weighted by atomic mass is 16.6. The van der Waals surface area contributed by atoms with E-state index in [9.17, 15) is 10.1 Å². The molecule has 0 N–H and O–H groups in total. The van der Waals surface area contributed by atoms with Crippen molar-refractivity contribution in [1.29, 1.82) is 0 Å². The first-order valence-corrected chi connectivity index (χ1v) is 8.80. The Balaban J connectivity index is 1.76. The number of nitro groups is 1. The number of ether oxygens (including phenoxy) is 2. The number of para-hydroxylation sites is 1. The van der Waals surface area contributed by atoms with Crippen molar-refractivity contribution in [2.24, 2.45) is 0 Å². The van der Waals surface area contributed by atoms with Gasteiger partial charge in [0, 0.05) is 13.1 Å². The zero-order valence-corrected chi connectivity index (χ0v) is 15.3. The lowest BCUT2D eigenvalue weighted by Crippen LogP contribution is -2.46. The molecule has 0 aliphatic carbocycles. The van der Waals surface area contributed by atoms with Gasteiger partial charge in [-0.15, -0.1) is 0 Å². The van der Waals surface area contributed by atoms with Crippen LogP contribution in [0.15, 0.2) is 36.9 Å². The molecule has 0 radical (unpaired) electrons. The molecular formula is C18H18N6O4. The first-order chi connectivity index (χ1) is 13.5. The fourth-order valence-electron chi connectivity index (χ4n) is 3.32. The summed E-state index contributed by atoms with van der Waals surface area (Å²) in [4.78, 5) is 29.6. The van der Waals surface area contributed by atoms with Gasteiger partial charge < -0.3 is 14.4 Å². The Morgan fingerprint density at radius 3 is 2.50 bits per heavy atom. The zero-order valence-electron chi connectivity index (χ0n) is 15.3. The maximum absolute atomic E-state index is 11.9. The Hall–Kier alpha value is -3.40. The molecule has 0 saturated carbocycles. The number of benzene rings is 1. The Morgan fingerprint density at radius 1 is 1.07 bits per heavy atom. The average molecular weight is 382 g/mol. The molecule has 2 aromatic heterocycles. The quantitative estimate of drug-likeness (QED) is 0.496. The molecule has 2 unspecified atom stereocenters. The number of hydrogen-bond donors (Lipinski definition) is 0. The van der Waals surface area contributed by atoms with E-state index in [0.29, 0.717) is 24.0 Å². The van der Waals surface area contributed by atoms with E-state index in [1.807, 2.05) is 30.9 Å². The minimum absolute atomic E-state index is 0.0755. The fraction of sp³-hybridized carbons (Fsp3) is 0.333. The number of hydrogen-bond acceptors (Lipinski definition) is 9. The van der Waals surface area contributed by atoms with E-state index >= 15 is 0 Å². The predicted molar refractivity (Wildman–Crippen MR) is 101 cm³/mol. The summed E-state index contributed by atoms with van der Waals surface area (Å²) in [5.41, 5.74) is 0.367. The molecule has 10 heteroatoms. The molecule has 0 bridgehead atoms. The minimum atomic E-state index is -0.529. The SMILES string of the molecule is CC1CN(c2ncnc(Oc3ncnc4ccccc34)c2[N+](=O)[O-])CC(C)O1. The molecule has 1 aromatic carbocycles. The molecule has 1 aliphatic heterocycles. The van der Waals surface area contributed by atoms with Gasteiger partial charge in [0.2, 0.25) is 11.7 Å². The Bertz CT molecular complexity index is 1010. The lowest BCUT2D eigenvalue weighted by molar-refractivity contribution is -0.385. The highest BCUT2D eigenvalue weighted by Crippen LogP contribution is 2.37. The van der Waals surface area contributed by atoms with Crippen LogP contribution in [0.3, 0.4) is 0 Å². The fourth-order valence-corrected chi connectivity index (χ4v) is 3.32. The third-order valence-corrected chi connectivity index (χ3v) is 4.37. The summed E-state index contributed by atoms with van der Waals surface area (Å²) in [6, 6.07) is 7.24. The maximum Gasteiger partial charge on any atom is 0.373 e. The summed E-state index contributed by atoms with van der Waals surface area (Å²) in [7, 11) is 0. The summed E-state index contributed by atoms with van der Waals surface area (Å²) in [6.45, 7) is 4.80. The van der Waals surface area contributed by atoms with Gasteiger partial charge in [0.05, 0.1) is 28.0 Å². The molecule has 3 aromatic rings. The van der Waals surface area contributed by atoms with Gasteiger partial charge in [-0.3, -0.25) is 10.1 Å². The van der Waals surface area contributed by atoms with Gasteiger partial charge in [0.25, 0.3) is 0 Å². The number of aromatic nitrogens is 4. The monoisotopic (exact) mass is 382 g/mol. The number of morpholine rings is 1. The molecule has 28 heavy (non-hydrogen) atoms. The summed E-state index contributed by atoms with van der Waals surface area (Å²) in [5.74, 6) is 0.239. The summed E-state index contributed by atoms with van der Waals surface area (Å²) >= 11 is 0. The molecule has 3 heterocycles. The van der Waals surface area contributed by atoms with Crippen LogP contribution >= 0.6 is 0 Å². The molecule has 10 nitrogen and oxygen atoms in total. The number of anilines is 1. The van der Waals surface area contributed by atoms with E-state index in [4.69, 9.17) is 9.47 Å². The Kier molecular flexibility index (Phi) is 4.70. The van der Waals surface area contributed by atoms with Crippen LogP contribution in [-0.4, -0.2) is 50.2 Å². The third-order valence-electron chi connectivity index (χ3n) is 4.37. The molecule has 2 atom stereocenters. The lowest BCUT2D eigenvalue weighted by atomic mass is 10.2. The lowest BCUT2D eigenvalue weighted by Gasteiger charge is -2.35. The van der Waals surface area contributed by atoms with Crippen LogP contribution in [0, 0.1) is 10.1 Å². The van der Waals surface area contributed by atoms with Gasteiger partial charge in [-0.1, -0.05) is 12.1 Å². The van der Waals surface area contributed by atoms with Gasteiger partial charge in [0.1, 0.15) is 12.7 Å². The average Bonchev–Trinajstić information content (AvgIpc) is 2.67. The van der Waals surface area contributed by atoms with Crippen molar-refractivity contribution in [2.75, 3.05) is 18.0 Å². The topological polar surface area (TPSA) is 116 Å². The highest BCUT2D eigenvalue weighted by Gasteiger charge is 2.33. The van der Waals surface area contributed by atoms with Crippen molar-refractivity contribution in [1.82, 2.24) is 19.9 Å². The van der Waals surface area contributed by atoms with Crippen LogP contribution in [0.5, 0.6) is 11.8 Å². The van der Waals surface area contributed by atoms with Gasteiger partial charge in [-0.2, -0.15) is 4.98 Å². The maximum atomic E-state index is 11.9. The van der Waals surface area contributed by atoms with Crippen LogP contribution in [0.25, 0.3) is 10.9 Å². The third kappa shape index (κ3) is 3.41. The van der Waals surface area contributed by atoms with E-state index in [2.05, 4.69) is 19.9 Å². The molecule has 1 aliphatic rings.